The minimum atomic E-state index is -0.420. The van der Waals surface area contributed by atoms with Crippen molar-refractivity contribution in [1.29, 1.82) is 0 Å². The number of nitrogens with zero attached hydrogens (tertiary/aromatic N) is 2. The van der Waals surface area contributed by atoms with Crippen LogP contribution in [0.5, 0.6) is 5.75 Å². The van der Waals surface area contributed by atoms with Gasteiger partial charge < -0.3 is 23.9 Å². The second-order valence-corrected chi connectivity index (χ2v) is 10.8. The SMILES string of the molecule is COc1cc2oc(=O)cc(-c3ccccc3)c2cc1CCC(=O)NCCN1C[C@H]2C[C@@H](C1)c1cccc(=O)n1C2. The van der Waals surface area contributed by atoms with E-state index in [4.69, 9.17) is 9.15 Å². The number of ether oxygens (including phenoxy) is 1. The molecule has 0 spiro atoms. The van der Waals surface area contributed by atoms with E-state index in [-0.39, 0.29) is 11.5 Å². The molecule has 2 aliphatic rings. The van der Waals surface area contributed by atoms with E-state index in [1.54, 1.807) is 19.2 Å². The van der Waals surface area contributed by atoms with E-state index in [0.29, 0.717) is 42.6 Å². The van der Waals surface area contributed by atoms with Crippen LogP contribution in [0, 0.1) is 5.92 Å². The molecule has 2 aromatic carbocycles. The van der Waals surface area contributed by atoms with Crippen molar-refractivity contribution in [3.63, 3.8) is 0 Å². The van der Waals surface area contributed by atoms with Gasteiger partial charge in [0, 0.05) is 74.3 Å². The summed E-state index contributed by atoms with van der Waals surface area (Å²) >= 11 is 0. The van der Waals surface area contributed by atoms with E-state index < -0.39 is 5.63 Å². The van der Waals surface area contributed by atoms with Gasteiger partial charge in [-0.25, -0.2) is 4.79 Å². The highest BCUT2D eigenvalue weighted by molar-refractivity contribution is 5.94. The number of hydrogen-bond donors (Lipinski definition) is 1. The van der Waals surface area contributed by atoms with Gasteiger partial charge in [0.15, 0.2) is 0 Å². The molecule has 1 N–H and O–H groups in total. The van der Waals surface area contributed by atoms with E-state index in [1.165, 1.54) is 6.07 Å². The lowest BCUT2D eigenvalue weighted by atomic mass is 9.83. The predicted molar refractivity (Wildman–Crippen MR) is 154 cm³/mol. The van der Waals surface area contributed by atoms with Crippen LogP contribution in [0.2, 0.25) is 0 Å². The van der Waals surface area contributed by atoms with Gasteiger partial charge in [0.05, 0.1) is 7.11 Å². The van der Waals surface area contributed by atoms with Gasteiger partial charge in [0.2, 0.25) is 5.91 Å². The number of fused-ring (bicyclic) bond motifs is 5. The number of benzene rings is 2. The van der Waals surface area contributed by atoms with Crippen LogP contribution >= 0.6 is 0 Å². The first kappa shape index (κ1) is 26.1. The first-order chi connectivity index (χ1) is 19.5. The molecule has 1 fully saturated rings. The van der Waals surface area contributed by atoms with Crippen molar-refractivity contribution in [3.05, 3.63) is 98.8 Å². The molecule has 4 heterocycles. The third-order valence-corrected chi connectivity index (χ3v) is 8.16. The predicted octanol–water partition coefficient (Wildman–Crippen LogP) is 3.80. The van der Waals surface area contributed by atoms with E-state index in [9.17, 15) is 14.4 Å². The summed E-state index contributed by atoms with van der Waals surface area (Å²) in [6.45, 7) is 4.00. The zero-order valence-electron chi connectivity index (χ0n) is 22.6. The summed E-state index contributed by atoms with van der Waals surface area (Å²) in [5.74, 6) is 1.40. The number of likely N-dealkylation sites (tertiary alicyclic amines) is 1. The van der Waals surface area contributed by atoms with Crippen molar-refractivity contribution in [2.24, 2.45) is 5.92 Å². The number of rotatable bonds is 8. The average molecular weight is 540 g/mol. The highest BCUT2D eigenvalue weighted by Gasteiger charge is 2.34. The number of carbonyl (C=O) groups excluding carboxylic acids is 1. The zero-order chi connectivity index (χ0) is 27.6. The van der Waals surface area contributed by atoms with Crippen LogP contribution in [0.3, 0.4) is 0 Å². The molecule has 4 aromatic rings. The Balaban J connectivity index is 1.09. The van der Waals surface area contributed by atoms with Gasteiger partial charge in [-0.3, -0.25) is 9.59 Å². The van der Waals surface area contributed by atoms with Gasteiger partial charge in [-0.2, -0.15) is 0 Å². The second-order valence-electron chi connectivity index (χ2n) is 10.8. The fraction of sp³-hybridized carbons (Fsp3) is 0.344. The maximum Gasteiger partial charge on any atom is 0.336 e. The van der Waals surface area contributed by atoms with Crippen molar-refractivity contribution in [3.8, 4) is 16.9 Å². The Labute approximate surface area is 232 Å². The van der Waals surface area contributed by atoms with Gasteiger partial charge >= 0.3 is 5.63 Å². The fourth-order valence-electron chi connectivity index (χ4n) is 6.34. The lowest BCUT2D eigenvalue weighted by Crippen LogP contribution is -2.48. The smallest absolute Gasteiger partial charge is 0.336 e. The molecule has 0 aliphatic carbocycles. The summed E-state index contributed by atoms with van der Waals surface area (Å²) in [5, 5.41) is 3.88. The largest absolute Gasteiger partial charge is 0.496 e. The van der Waals surface area contributed by atoms with Crippen LogP contribution in [0.4, 0.5) is 0 Å². The monoisotopic (exact) mass is 539 g/mol. The van der Waals surface area contributed by atoms with Crippen molar-refractivity contribution >= 4 is 16.9 Å². The normalized spacial score (nSPS) is 18.3. The fourth-order valence-corrected chi connectivity index (χ4v) is 6.34. The Bertz CT molecular complexity index is 1660. The molecule has 0 saturated carbocycles. The standard InChI is InChI=1S/C32H33N3O5/c1-39-28-17-29-26(25(16-32(38)40-29)22-6-3-2-4-7-22)15-23(28)10-11-30(36)33-12-13-34-18-21-14-24(20-34)27-8-5-9-31(37)35(27)19-21/h2-9,15-17,21,24H,10-14,18-20H2,1H3,(H,33,36)/t21-,24+/m1/s1. The molecule has 0 unspecified atom stereocenters. The number of piperidine rings is 1. The number of hydrogen-bond acceptors (Lipinski definition) is 6. The summed E-state index contributed by atoms with van der Waals surface area (Å²) in [4.78, 5) is 39.7. The lowest BCUT2D eigenvalue weighted by Gasteiger charge is -2.42. The summed E-state index contributed by atoms with van der Waals surface area (Å²) in [6, 6.07) is 20.5. The van der Waals surface area contributed by atoms with Crippen LogP contribution in [0.15, 0.2) is 80.7 Å². The minimum absolute atomic E-state index is 0.0147. The van der Waals surface area contributed by atoms with Crippen LogP contribution in [-0.4, -0.2) is 48.7 Å². The molecule has 8 nitrogen and oxygen atoms in total. The zero-order valence-corrected chi connectivity index (χ0v) is 22.6. The maximum atomic E-state index is 12.8. The molecule has 40 heavy (non-hydrogen) atoms. The van der Waals surface area contributed by atoms with Gasteiger partial charge in [-0.1, -0.05) is 36.4 Å². The second kappa shape index (κ2) is 11.1. The summed E-state index contributed by atoms with van der Waals surface area (Å²) in [6.07, 6.45) is 1.94. The molecule has 206 valence electrons. The Kier molecular flexibility index (Phi) is 7.26. The summed E-state index contributed by atoms with van der Waals surface area (Å²) < 4.78 is 13.0. The van der Waals surface area contributed by atoms with Crippen LogP contribution in [-0.2, 0) is 17.8 Å². The van der Waals surface area contributed by atoms with Gasteiger partial charge in [0.1, 0.15) is 11.3 Å². The van der Waals surface area contributed by atoms with Crippen molar-refractivity contribution in [1.82, 2.24) is 14.8 Å². The van der Waals surface area contributed by atoms with Crippen LogP contribution in [0.25, 0.3) is 22.1 Å². The van der Waals surface area contributed by atoms with E-state index in [0.717, 1.165) is 60.4 Å². The van der Waals surface area contributed by atoms with Crippen LogP contribution < -0.4 is 21.2 Å². The molecule has 2 atom stereocenters. The third-order valence-electron chi connectivity index (χ3n) is 8.16. The van der Waals surface area contributed by atoms with Gasteiger partial charge in [-0.05, 0) is 47.6 Å². The molecule has 6 rings (SSSR count). The minimum Gasteiger partial charge on any atom is -0.496 e. The van der Waals surface area contributed by atoms with Crippen LogP contribution in [0.1, 0.15) is 30.0 Å². The molecule has 2 aliphatic heterocycles. The van der Waals surface area contributed by atoms with Crippen molar-refractivity contribution in [2.75, 3.05) is 33.3 Å². The summed E-state index contributed by atoms with van der Waals surface area (Å²) in [7, 11) is 1.58. The number of amides is 1. The molecule has 8 heteroatoms. The quantitative estimate of drug-likeness (QED) is 0.343. The topological polar surface area (TPSA) is 93.8 Å². The summed E-state index contributed by atoms with van der Waals surface area (Å²) in [5.41, 5.74) is 3.86. The number of nitrogens with one attached hydrogen (secondary N) is 1. The van der Waals surface area contributed by atoms with Gasteiger partial charge in [0.25, 0.3) is 5.56 Å². The highest BCUT2D eigenvalue weighted by atomic mass is 16.5. The number of aryl methyl sites for hydroxylation is 1. The first-order valence-electron chi connectivity index (χ1n) is 13.9. The number of aromatic nitrogens is 1. The molecule has 2 aromatic heterocycles. The van der Waals surface area contributed by atoms with E-state index in [1.807, 2.05) is 47.0 Å². The number of methoxy groups -OCH3 is 1. The highest BCUT2D eigenvalue weighted by Crippen LogP contribution is 2.35. The van der Waals surface area contributed by atoms with Crippen molar-refractivity contribution in [2.45, 2.75) is 31.7 Å². The Morgan fingerprint density at radius 3 is 2.70 bits per heavy atom. The van der Waals surface area contributed by atoms with Crippen molar-refractivity contribution < 1.29 is 13.9 Å². The lowest BCUT2D eigenvalue weighted by molar-refractivity contribution is -0.121. The Hall–Kier alpha value is -4.17. The molecular weight excluding hydrogens is 506 g/mol. The molecule has 2 bridgehead atoms. The molecule has 1 amide bonds. The maximum absolute atomic E-state index is 12.8. The number of pyridine rings is 1. The Morgan fingerprint density at radius 1 is 1.02 bits per heavy atom. The van der Waals surface area contributed by atoms with Gasteiger partial charge in [-0.15, -0.1) is 0 Å². The first-order valence-corrected chi connectivity index (χ1v) is 13.9. The molecular formula is C32H33N3O5. The third kappa shape index (κ3) is 5.31. The molecule has 0 radical (unpaired) electrons. The number of carbonyl (C=O) groups is 1. The average Bonchev–Trinajstić information content (AvgIpc) is 2.96. The van der Waals surface area contributed by atoms with E-state index in [2.05, 4.69) is 16.3 Å². The van der Waals surface area contributed by atoms with E-state index >= 15 is 0 Å². The molecule has 1 saturated heterocycles. The Morgan fingerprint density at radius 2 is 1.88 bits per heavy atom.